The van der Waals surface area contributed by atoms with Crippen LogP contribution in [-0.4, -0.2) is 20.7 Å². The summed E-state index contributed by atoms with van der Waals surface area (Å²) in [4.78, 5) is 16.7. The zero-order chi connectivity index (χ0) is 20.3. The van der Waals surface area contributed by atoms with Crippen LogP contribution in [0.5, 0.6) is 5.75 Å². The van der Waals surface area contributed by atoms with Crippen molar-refractivity contribution in [1.29, 1.82) is 0 Å². The van der Waals surface area contributed by atoms with Crippen molar-refractivity contribution in [2.24, 2.45) is 7.05 Å². The SMILES string of the molecule is Cn1nc(C(C)(C)C)cc1C(=O)Nc1ccc(OCc2cccnc2)c(Cl)c1. The van der Waals surface area contributed by atoms with Crippen LogP contribution in [0.3, 0.4) is 0 Å². The molecule has 28 heavy (non-hydrogen) atoms. The number of pyridine rings is 1. The normalized spacial score (nSPS) is 11.3. The number of carbonyl (C=O) groups excluding carboxylic acids is 1. The highest BCUT2D eigenvalue weighted by atomic mass is 35.5. The fraction of sp³-hybridized carbons (Fsp3) is 0.286. The van der Waals surface area contributed by atoms with Crippen molar-refractivity contribution < 1.29 is 9.53 Å². The second-order valence-corrected chi connectivity index (χ2v) is 7.94. The third-order valence-electron chi connectivity index (χ3n) is 4.19. The molecule has 2 heterocycles. The molecule has 146 valence electrons. The molecular weight excluding hydrogens is 376 g/mol. The predicted molar refractivity (Wildman–Crippen MR) is 110 cm³/mol. The smallest absolute Gasteiger partial charge is 0.273 e. The predicted octanol–water partition coefficient (Wildman–Crippen LogP) is 4.60. The van der Waals surface area contributed by atoms with E-state index in [1.54, 1.807) is 42.3 Å². The number of halogens is 1. The fourth-order valence-corrected chi connectivity index (χ4v) is 2.82. The summed E-state index contributed by atoms with van der Waals surface area (Å²) in [5.74, 6) is 0.296. The van der Waals surface area contributed by atoms with Crippen LogP contribution in [-0.2, 0) is 19.1 Å². The van der Waals surface area contributed by atoms with Crippen molar-refractivity contribution in [3.05, 3.63) is 70.8 Å². The van der Waals surface area contributed by atoms with Gasteiger partial charge in [-0.15, -0.1) is 0 Å². The first kappa shape index (κ1) is 19.9. The molecule has 3 aromatic rings. The van der Waals surface area contributed by atoms with E-state index in [0.29, 0.717) is 28.8 Å². The van der Waals surface area contributed by atoms with E-state index in [1.165, 1.54) is 0 Å². The van der Waals surface area contributed by atoms with E-state index >= 15 is 0 Å². The van der Waals surface area contributed by atoms with Crippen LogP contribution in [0.2, 0.25) is 5.02 Å². The number of nitrogens with one attached hydrogen (secondary N) is 1. The minimum absolute atomic E-state index is 0.132. The van der Waals surface area contributed by atoms with E-state index in [9.17, 15) is 4.79 Å². The molecule has 1 aromatic carbocycles. The first-order valence-electron chi connectivity index (χ1n) is 8.91. The highest BCUT2D eigenvalue weighted by molar-refractivity contribution is 6.32. The van der Waals surface area contributed by atoms with Crippen LogP contribution in [0.1, 0.15) is 42.5 Å². The number of aromatic nitrogens is 3. The Bertz CT molecular complexity index is 978. The molecular formula is C21H23ClN4O2. The number of ether oxygens (including phenoxy) is 1. The number of anilines is 1. The Morgan fingerprint density at radius 2 is 2.04 bits per heavy atom. The second kappa shape index (κ2) is 8.02. The van der Waals surface area contributed by atoms with E-state index in [1.807, 2.05) is 18.2 Å². The lowest BCUT2D eigenvalue weighted by atomic mass is 9.92. The van der Waals surface area contributed by atoms with Gasteiger partial charge in [-0.2, -0.15) is 5.10 Å². The van der Waals surface area contributed by atoms with Gasteiger partial charge in [0.2, 0.25) is 0 Å². The lowest BCUT2D eigenvalue weighted by molar-refractivity contribution is 0.101. The van der Waals surface area contributed by atoms with E-state index in [4.69, 9.17) is 16.3 Å². The highest BCUT2D eigenvalue weighted by Crippen LogP contribution is 2.29. The molecule has 0 radical (unpaired) electrons. The van der Waals surface area contributed by atoms with Crippen molar-refractivity contribution in [2.45, 2.75) is 32.8 Å². The molecule has 1 amide bonds. The van der Waals surface area contributed by atoms with Crippen molar-refractivity contribution in [3.63, 3.8) is 0 Å². The van der Waals surface area contributed by atoms with Gasteiger partial charge in [-0.05, 0) is 30.3 Å². The molecule has 0 spiro atoms. The topological polar surface area (TPSA) is 69.0 Å². The monoisotopic (exact) mass is 398 g/mol. The summed E-state index contributed by atoms with van der Waals surface area (Å²) in [6, 6.07) is 10.7. The summed E-state index contributed by atoms with van der Waals surface area (Å²) in [5.41, 5.74) is 2.74. The summed E-state index contributed by atoms with van der Waals surface area (Å²) < 4.78 is 7.31. The van der Waals surface area contributed by atoms with Gasteiger partial charge in [0.05, 0.1) is 10.7 Å². The van der Waals surface area contributed by atoms with Crippen LogP contribution in [0.25, 0.3) is 0 Å². The summed E-state index contributed by atoms with van der Waals surface area (Å²) in [7, 11) is 1.76. The van der Waals surface area contributed by atoms with Gasteiger partial charge >= 0.3 is 0 Å². The maximum absolute atomic E-state index is 12.6. The molecule has 0 atom stereocenters. The summed E-state index contributed by atoms with van der Waals surface area (Å²) >= 11 is 6.31. The van der Waals surface area contributed by atoms with Crippen LogP contribution in [0.4, 0.5) is 5.69 Å². The van der Waals surface area contributed by atoms with Crippen LogP contribution >= 0.6 is 11.6 Å². The van der Waals surface area contributed by atoms with E-state index in [-0.39, 0.29) is 11.3 Å². The Balaban J connectivity index is 1.69. The molecule has 0 aliphatic carbocycles. The third kappa shape index (κ3) is 4.70. The molecule has 3 rings (SSSR count). The van der Waals surface area contributed by atoms with Gasteiger partial charge in [-0.25, -0.2) is 0 Å². The molecule has 0 fully saturated rings. The van der Waals surface area contributed by atoms with Gasteiger partial charge in [0.25, 0.3) is 5.91 Å². The molecule has 0 saturated carbocycles. The number of nitrogens with zero attached hydrogens (tertiary/aromatic N) is 3. The number of carbonyl (C=O) groups is 1. The number of rotatable bonds is 5. The minimum Gasteiger partial charge on any atom is -0.487 e. The third-order valence-corrected chi connectivity index (χ3v) is 4.48. The zero-order valence-electron chi connectivity index (χ0n) is 16.4. The van der Waals surface area contributed by atoms with Crippen LogP contribution in [0.15, 0.2) is 48.8 Å². The number of benzene rings is 1. The van der Waals surface area contributed by atoms with Crippen molar-refractivity contribution in [1.82, 2.24) is 14.8 Å². The van der Waals surface area contributed by atoms with Crippen molar-refractivity contribution >= 4 is 23.2 Å². The fourth-order valence-electron chi connectivity index (χ4n) is 2.58. The Labute approximate surface area is 169 Å². The number of amides is 1. The Kier molecular flexibility index (Phi) is 5.70. The van der Waals surface area contributed by atoms with Gasteiger partial charge < -0.3 is 10.1 Å². The first-order chi connectivity index (χ1) is 13.2. The van der Waals surface area contributed by atoms with E-state index in [0.717, 1.165) is 11.3 Å². The van der Waals surface area contributed by atoms with E-state index in [2.05, 4.69) is 36.2 Å². The molecule has 7 heteroatoms. The van der Waals surface area contributed by atoms with Crippen LogP contribution < -0.4 is 10.1 Å². The summed E-state index contributed by atoms with van der Waals surface area (Å²) in [5, 5.41) is 7.71. The minimum atomic E-state index is -0.245. The number of aryl methyl sites for hydroxylation is 1. The lowest BCUT2D eigenvalue weighted by Crippen LogP contribution is -2.16. The van der Waals surface area contributed by atoms with Gasteiger partial charge in [-0.3, -0.25) is 14.5 Å². The van der Waals surface area contributed by atoms with Gasteiger partial charge in [0.1, 0.15) is 18.1 Å². The van der Waals surface area contributed by atoms with E-state index < -0.39 is 0 Å². The molecule has 0 bridgehead atoms. The number of hydrogen-bond acceptors (Lipinski definition) is 4. The molecule has 0 aliphatic heterocycles. The highest BCUT2D eigenvalue weighted by Gasteiger charge is 2.21. The van der Waals surface area contributed by atoms with Gasteiger partial charge in [-0.1, -0.05) is 38.4 Å². The lowest BCUT2D eigenvalue weighted by Gasteiger charge is -2.13. The molecule has 0 unspecified atom stereocenters. The van der Waals surface area contributed by atoms with Crippen molar-refractivity contribution in [2.75, 3.05) is 5.32 Å². The zero-order valence-corrected chi connectivity index (χ0v) is 17.1. The molecule has 1 N–H and O–H groups in total. The largest absolute Gasteiger partial charge is 0.487 e. The average molecular weight is 399 g/mol. The van der Waals surface area contributed by atoms with Crippen molar-refractivity contribution in [3.8, 4) is 5.75 Å². The summed E-state index contributed by atoms with van der Waals surface area (Å²) in [6.07, 6.45) is 3.45. The quantitative estimate of drug-likeness (QED) is 0.682. The Morgan fingerprint density at radius 1 is 1.25 bits per heavy atom. The van der Waals surface area contributed by atoms with Crippen LogP contribution in [0, 0.1) is 0 Å². The number of hydrogen-bond donors (Lipinski definition) is 1. The standard InChI is InChI=1S/C21H23ClN4O2/c1-21(2,3)19-11-17(26(4)25-19)20(27)24-15-7-8-18(16(22)10-15)28-13-14-6-5-9-23-12-14/h5-12H,13H2,1-4H3,(H,24,27). The second-order valence-electron chi connectivity index (χ2n) is 7.54. The average Bonchev–Trinajstić information content (AvgIpc) is 3.04. The maximum Gasteiger partial charge on any atom is 0.273 e. The van der Waals surface area contributed by atoms with Gasteiger partial charge in [0, 0.05) is 36.1 Å². The molecule has 0 aliphatic rings. The Hall–Kier alpha value is -2.86. The molecule has 0 saturated heterocycles. The first-order valence-corrected chi connectivity index (χ1v) is 9.29. The molecule has 6 nitrogen and oxygen atoms in total. The van der Waals surface area contributed by atoms with Gasteiger partial charge in [0.15, 0.2) is 0 Å². The maximum atomic E-state index is 12.6. The Morgan fingerprint density at radius 3 is 2.64 bits per heavy atom. The summed E-state index contributed by atoms with van der Waals surface area (Å²) in [6.45, 7) is 6.53. The molecule has 2 aromatic heterocycles.